The van der Waals surface area contributed by atoms with Crippen LogP contribution in [-0.2, 0) is 5.41 Å². The van der Waals surface area contributed by atoms with Gasteiger partial charge in [-0.05, 0) is 41.7 Å². The lowest BCUT2D eigenvalue weighted by Gasteiger charge is -2.22. The molecule has 2 rings (SSSR count). The number of hydrogen-bond acceptors (Lipinski definition) is 2. The topological polar surface area (TPSA) is 21.3 Å². The number of aryl methyl sites for hydroxylation is 1. The molecular weight excluding hydrogens is 294 g/mol. The van der Waals surface area contributed by atoms with E-state index in [0.717, 1.165) is 23.0 Å². The zero-order chi connectivity index (χ0) is 16.2. The van der Waals surface area contributed by atoms with Crippen molar-refractivity contribution in [2.24, 2.45) is 0 Å². The van der Waals surface area contributed by atoms with Crippen LogP contribution in [0.5, 0.6) is 5.75 Å². The molecule has 0 spiro atoms. The van der Waals surface area contributed by atoms with Crippen LogP contribution in [0.15, 0.2) is 42.5 Å². The maximum atomic E-state index is 6.03. The molecule has 0 aliphatic rings. The van der Waals surface area contributed by atoms with Gasteiger partial charge in [0.05, 0.1) is 0 Å². The zero-order valence-electron chi connectivity index (χ0n) is 13.7. The van der Waals surface area contributed by atoms with E-state index in [-0.39, 0.29) is 5.41 Å². The molecule has 3 heteroatoms. The lowest BCUT2D eigenvalue weighted by atomic mass is 9.86. The quantitative estimate of drug-likeness (QED) is 0.742. The van der Waals surface area contributed by atoms with Crippen LogP contribution < -0.4 is 10.1 Å². The van der Waals surface area contributed by atoms with Gasteiger partial charge in [-0.15, -0.1) is 0 Å². The molecule has 22 heavy (non-hydrogen) atoms. The number of para-hydroxylation sites is 1. The fourth-order valence-electron chi connectivity index (χ4n) is 2.34. The smallest absolute Gasteiger partial charge is 0.123 e. The lowest BCUT2D eigenvalue weighted by molar-refractivity contribution is 0.323. The van der Waals surface area contributed by atoms with Crippen LogP contribution in [0.4, 0.5) is 5.69 Å². The summed E-state index contributed by atoms with van der Waals surface area (Å²) in [4.78, 5) is 0. The normalized spacial score (nSPS) is 11.3. The first kappa shape index (κ1) is 16.7. The molecule has 0 aliphatic carbocycles. The molecule has 0 amide bonds. The van der Waals surface area contributed by atoms with Crippen molar-refractivity contribution >= 4 is 17.3 Å². The second kappa shape index (κ2) is 7.06. The Kier molecular flexibility index (Phi) is 5.36. The molecule has 0 atom stereocenters. The van der Waals surface area contributed by atoms with Gasteiger partial charge in [-0.1, -0.05) is 56.6 Å². The number of benzene rings is 2. The minimum atomic E-state index is 0.0769. The van der Waals surface area contributed by atoms with Crippen LogP contribution in [0.2, 0.25) is 5.02 Å². The number of rotatable bonds is 5. The van der Waals surface area contributed by atoms with Gasteiger partial charge in [-0.2, -0.15) is 0 Å². The first-order valence-corrected chi connectivity index (χ1v) is 7.98. The molecule has 0 aromatic heterocycles. The number of halogens is 1. The van der Waals surface area contributed by atoms with Crippen molar-refractivity contribution in [1.29, 1.82) is 0 Å². The Morgan fingerprint density at radius 1 is 1.09 bits per heavy atom. The summed E-state index contributed by atoms with van der Waals surface area (Å²) in [6.07, 6.45) is 0. The van der Waals surface area contributed by atoms with Gasteiger partial charge in [0.25, 0.3) is 0 Å². The minimum absolute atomic E-state index is 0.0769. The summed E-state index contributed by atoms with van der Waals surface area (Å²) in [6.45, 7) is 10.0. The largest absolute Gasteiger partial charge is 0.491 e. The molecule has 0 bridgehead atoms. The molecule has 0 unspecified atom stereocenters. The number of ether oxygens (including phenoxy) is 1. The average Bonchev–Trinajstić information content (AvgIpc) is 2.46. The summed E-state index contributed by atoms with van der Waals surface area (Å²) in [5, 5.41) is 4.12. The molecule has 0 saturated heterocycles. The number of anilines is 1. The van der Waals surface area contributed by atoms with Crippen molar-refractivity contribution < 1.29 is 4.74 Å². The third-order valence-electron chi connectivity index (χ3n) is 3.57. The Labute approximate surface area is 138 Å². The van der Waals surface area contributed by atoms with Crippen LogP contribution in [0, 0.1) is 6.92 Å². The van der Waals surface area contributed by atoms with Crippen LogP contribution >= 0.6 is 11.6 Å². The van der Waals surface area contributed by atoms with Crippen LogP contribution in [0.1, 0.15) is 31.9 Å². The Balaban J connectivity index is 1.94. The molecule has 0 saturated carbocycles. The Bertz CT molecular complexity index is 632. The summed E-state index contributed by atoms with van der Waals surface area (Å²) in [7, 11) is 0. The second-order valence-corrected chi connectivity index (χ2v) is 6.92. The van der Waals surface area contributed by atoms with Gasteiger partial charge in [0.2, 0.25) is 0 Å². The van der Waals surface area contributed by atoms with Gasteiger partial charge in [0, 0.05) is 17.3 Å². The Morgan fingerprint density at radius 3 is 2.55 bits per heavy atom. The number of hydrogen-bond donors (Lipinski definition) is 1. The van der Waals surface area contributed by atoms with E-state index in [1.165, 1.54) is 11.1 Å². The predicted molar refractivity (Wildman–Crippen MR) is 95.3 cm³/mol. The fourth-order valence-corrected chi connectivity index (χ4v) is 2.52. The van der Waals surface area contributed by atoms with Crippen molar-refractivity contribution in [2.45, 2.75) is 33.1 Å². The predicted octanol–water partition coefficient (Wildman–Crippen LogP) is 5.44. The maximum absolute atomic E-state index is 6.03. The highest BCUT2D eigenvalue weighted by atomic mass is 35.5. The average molecular weight is 318 g/mol. The van der Waals surface area contributed by atoms with Crippen LogP contribution in [0.25, 0.3) is 0 Å². The summed E-state index contributed by atoms with van der Waals surface area (Å²) in [6, 6.07) is 14.1. The summed E-state index contributed by atoms with van der Waals surface area (Å²) < 4.78 is 5.96. The first-order valence-electron chi connectivity index (χ1n) is 7.60. The second-order valence-electron chi connectivity index (χ2n) is 6.48. The number of nitrogens with one attached hydrogen (secondary N) is 1. The van der Waals surface area contributed by atoms with Crippen LogP contribution in [0.3, 0.4) is 0 Å². The highest BCUT2D eigenvalue weighted by Crippen LogP contribution is 2.30. The molecular formula is C19H24ClNO. The third-order valence-corrected chi connectivity index (χ3v) is 3.80. The molecule has 0 radical (unpaired) electrons. The Hall–Kier alpha value is -1.67. The summed E-state index contributed by atoms with van der Waals surface area (Å²) >= 11 is 6.03. The van der Waals surface area contributed by atoms with E-state index in [4.69, 9.17) is 16.3 Å². The SMILES string of the molecule is Cc1ccc(Cl)cc1NCCOc1ccccc1C(C)(C)C. The zero-order valence-corrected chi connectivity index (χ0v) is 14.5. The molecule has 2 aromatic carbocycles. The molecule has 0 aliphatic heterocycles. The van der Waals surface area contributed by atoms with Crippen molar-refractivity contribution in [3.05, 3.63) is 58.6 Å². The lowest BCUT2D eigenvalue weighted by Crippen LogP contribution is -2.16. The maximum Gasteiger partial charge on any atom is 0.123 e. The van der Waals surface area contributed by atoms with E-state index in [2.05, 4.69) is 45.1 Å². The summed E-state index contributed by atoms with van der Waals surface area (Å²) in [5.74, 6) is 0.958. The van der Waals surface area contributed by atoms with Gasteiger partial charge >= 0.3 is 0 Å². The molecule has 2 aromatic rings. The minimum Gasteiger partial charge on any atom is -0.491 e. The highest BCUT2D eigenvalue weighted by molar-refractivity contribution is 6.30. The van der Waals surface area contributed by atoms with Gasteiger partial charge in [0.1, 0.15) is 12.4 Å². The van der Waals surface area contributed by atoms with Gasteiger partial charge < -0.3 is 10.1 Å². The van der Waals surface area contributed by atoms with E-state index in [1.807, 2.05) is 30.3 Å². The van der Waals surface area contributed by atoms with Crippen molar-refractivity contribution in [1.82, 2.24) is 0 Å². The van der Waals surface area contributed by atoms with Crippen molar-refractivity contribution in [2.75, 3.05) is 18.5 Å². The van der Waals surface area contributed by atoms with Gasteiger partial charge in [0.15, 0.2) is 0 Å². The Morgan fingerprint density at radius 2 is 1.82 bits per heavy atom. The third kappa shape index (κ3) is 4.41. The van der Waals surface area contributed by atoms with E-state index in [1.54, 1.807) is 0 Å². The van der Waals surface area contributed by atoms with Crippen molar-refractivity contribution in [3.63, 3.8) is 0 Å². The van der Waals surface area contributed by atoms with Gasteiger partial charge in [-0.25, -0.2) is 0 Å². The monoisotopic (exact) mass is 317 g/mol. The van der Waals surface area contributed by atoms with Crippen molar-refractivity contribution in [3.8, 4) is 5.75 Å². The first-order chi connectivity index (χ1) is 10.4. The molecule has 0 fully saturated rings. The summed E-state index contributed by atoms with van der Waals surface area (Å²) in [5.41, 5.74) is 3.54. The molecule has 0 heterocycles. The van der Waals surface area contributed by atoms with E-state index < -0.39 is 0 Å². The van der Waals surface area contributed by atoms with Crippen LogP contribution in [-0.4, -0.2) is 13.2 Å². The fraction of sp³-hybridized carbons (Fsp3) is 0.368. The van der Waals surface area contributed by atoms with Gasteiger partial charge in [-0.3, -0.25) is 0 Å². The molecule has 2 nitrogen and oxygen atoms in total. The molecule has 118 valence electrons. The van der Waals surface area contributed by atoms with E-state index in [9.17, 15) is 0 Å². The molecule has 1 N–H and O–H groups in total. The standard InChI is InChI=1S/C19H24ClNO/c1-14-9-10-15(20)13-17(14)21-11-12-22-18-8-6-5-7-16(18)19(2,3)4/h5-10,13,21H,11-12H2,1-4H3. The van der Waals surface area contributed by atoms with E-state index in [0.29, 0.717) is 6.61 Å². The highest BCUT2D eigenvalue weighted by Gasteiger charge is 2.18. The van der Waals surface area contributed by atoms with E-state index >= 15 is 0 Å².